The van der Waals surface area contributed by atoms with Crippen LogP contribution in [0.15, 0.2) is 23.6 Å². The van der Waals surface area contributed by atoms with Gasteiger partial charge in [0, 0.05) is 18.5 Å². The lowest BCUT2D eigenvalue weighted by molar-refractivity contribution is 0.105. The molecule has 1 aromatic heterocycles. The van der Waals surface area contributed by atoms with E-state index in [0.29, 0.717) is 13.1 Å². The summed E-state index contributed by atoms with van der Waals surface area (Å²) in [5.74, 6) is 0.867. The van der Waals surface area contributed by atoms with Crippen LogP contribution in [0.1, 0.15) is 21.8 Å². The van der Waals surface area contributed by atoms with Gasteiger partial charge in [-0.2, -0.15) is 0 Å². The van der Waals surface area contributed by atoms with E-state index in [1.807, 2.05) is 44.4 Å². The highest BCUT2D eigenvalue weighted by molar-refractivity contribution is 7.09. The van der Waals surface area contributed by atoms with Gasteiger partial charge in [-0.25, -0.2) is 4.98 Å². The summed E-state index contributed by atoms with van der Waals surface area (Å²) in [4.78, 5) is 4.37. The highest BCUT2D eigenvalue weighted by Crippen LogP contribution is 2.22. The molecule has 1 heterocycles. The molecule has 2 rings (SSSR count). The number of nitrogens with zero attached hydrogens (tertiary/aromatic N) is 1. The first-order chi connectivity index (χ1) is 10.1. The molecule has 2 aromatic rings. The molecule has 0 fully saturated rings. The predicted molar refractivity (Wildman–Crippen MR) is 86.0 cm³/mol. The number of ether oxygens (including phenoxy) is 1. The molecule has 4 nitrogen and oxygen atoms in total. The molecule has 2 N–H and O–H groups in total. The summed E-state index contributed by atoms with van der Waals surface area (Å²) in [7, 11) is 0. The smallest absolute Gasteiger partial charge is 0.125 e. The molecule has 21 heavy (non-hydrogen) atoms. The number of aliphatic hydroxyl groups is 1. The number of aliphatic hydroxyl groups excluding tert-OH is 1. The first kappa shape index (κ1) is 15.9. The zero-order valence-electron chi connectivity index (χ0n) is 12.7. The van der Waals surface area contributed by atoms with E-state index in [1.165, 1.54) is 0 Å². The fraction of sp³-hybridized carbons (Fsp3) is 0.438. The zero-order valence-corrected chi connectivity index (χ0v) is 13.5. The summed E-state index contributed by atoms with van der Waals surface area (Å²) in [5, 5.41) is 16.3. The lowest BCUT2D eigenvalue weighted by atomic mass is 10.1. The number of para-hydroxylation sites is 1. The molecule has 0 saturated carbocycles. The Hall–Kier alpha value is -1.43. The van der Waals surface area contributed by atoms with E-state index >= 15 is 0 Å². The van der Waals surface area contributed by atoms with Crippen molar-refractivity contribution in [1.29, 1.82) is 0 Å². The highest BCUT2D eigenvalue weighted by atomic mass is 32.1. The second-order valence-electron chi connectivity index (χ2n) is 5.17. The van der Waals surface area contributed by atoms with Crippen molar-refractivity contribution in [2.24, 2.45) is 0 Å². The highest BCUT2D eigenvalue weighted by Gasteiger charge is 2.08. The number of hydrogen-bond donors (Lipinski definition) is 2. The molecule has 0 aliphatic rings. The normalized spacial score (nSPS) is 12.4. The van der Waals surface area contributed by atoms with Crippen LogP contribution in [0, 0.1) is 20.8 Å². The minimum absolute atomic E-state index is 0.286. The summed E-state index contributed by atoms with van der Waals surface area (Å²) >= 11 is 1.64. The molecule has 5 heteroatoms. The maximum Gasteiger partial charge on any atom is 0.125 e. The lowest BCUT2D eigenvalue weighted by Crippen LogP contribution is -2.31. The Labute approximate surface area is 129 Å². The fourth-order valence-electron chi connectivity index (χ4n) is 2.12. The molecule has 1 unspecified atom stereocenters. The van der Waals surface area contributed by atoms with E-state index in [9.17, 15) is 5.11 Å². The van der Waals surface area contributed by atoms with Gasteiger partial charge in [0.1, 0.15) is 18.5 Å². The van der Waals surface area contributed by atoms with Crippen LogP contribution in [-0.4, -0.2) is 29.3 Å². The van der Waals surface area contributed by atoms with Gasteiger partial charge in [-0.1, -0.05) is 18.2 Å². The van der Waals surface area contributed by atoms with Gasteiger partial charge in [0.25, 0.3) is 0 Å². The molecular formula is C16H22N2O2S. The standard InChI is InChI=1S/C16H22N2O2S/c1-11-5-4-6-12(2)16(11)20-9-15(19)8-17-7-14-10-21-13(3)18-14/h4-6,10,15,17,19H,7-9H2,1-3H3. The molecule has 0 aliphatic carbocycles. The summed E-state index contributed by atoms with van der Waals surface area (Å²) in [5.41, 5.74) is 3.20. The zero-order chi connectivity index (χ0) is 15.2. The molecule has 0 spiro atoms. The van der Waals surface area contributed by atoms with Crippen LogP contribution >= 0.6 is 11.3 Å². The third-order valence-corrected chi connectivity index (χ3v) is 4.00. The van der Waals surface area contributed by atoms with Crippen LogP contribution < -0.4 is 10.1 Å². The number of nitrogens with one attached hydrogen (secondary N) is 1. The average Bonchev–Trinajstić information content (AvgIpc) is 2.84. The number of thiazole rings is 1. The van der Waals surface area contributed by atoms with Crippen molar-refractivity contribution >= 4 is 11.3 Å². The Morgan fingerprint density at radius 3 is 2.62 bits per heavy atom. The molecule has 0 amide bonds. The number of aryl methyl sites for hydroxylation is 3. The summed E-state index contributed by atoms with van der Waals surface area (Å²) in [6, 6.07) is 6.03. The first-order valence-electron chi connectivity index (χ1n) is 7.05. The Morgan fingerprint density at radius 2 is 2.00 bits per heavy atom. The van der Waals surface area contributed by atoms with Crippen molar-refractivity contribution < 1.29 is 9.84 Å². The van der Waals surface area contributed by atoms with E-state index in [-0.39, 0.29) is 6.61 Å². The van der Waals surface area contributed by atoms with E-state index in [2.05, 4.69) is 10.3 Å². The average molecular weight is 306 g/mol. The van der Waals surface area contributed by atoms with Crippen molar-refractivity contribution in [3.63, 3.8) is 0 Å². The van der Waals surface area contributed by atoms with Gasteiger partial charge in [0.05, 0.1) is 10.7 Å². The van der Waals surface area contributed by atoms with Gasteiger partial charge >= 0.3 is 0 Å². The second-order valence-corrected chi connectivity index (χ2v) is 6.24. The quantitative estimate of drug-likeness (QED) is 0.825. The number of aromatic nitrogens is 1. The largest absolute Gasteiger partial charge is 0.490 e. The predicted octanol–water partition coefficient (Wildman–Crippen LogP) is 2.60. The summed E-state index contributed by atoms with van der Waals surface area (Å²) in [6.07, 6.45) is -0.538. The van der Waals surface area contributed by atoms with E-state index in [4.69, 9.17) is 4.74 Å². The maximum atomic E-state index is 9.97. The van der Waals surface area contributed by atoms with Gasteiger partial charge in [0.2, 0.25) is 0 Å². The summed E-state index contributed by atoms with van der Waals surface area (Å²) in [6.45, 7) is 7.46. The SMILES string of the molecule is Cc1nc(CNCC(O)COc2c(C)cccc2C)cs1. The molecule has 0 aliphatic heterocycles. The lowest BCUT2D eigenvalue weighted by Gasteiger charge is -2.16. The third kappa shape index (κ3) is 4.81. The Morgan fingerprint density at radius 1 is 1.29 bits per heavy atom. The van der Waals surface area contributed by atoms with Crippen LogP contribution in [0.4, 0.5) is 0 Å². The fourth-order valence-corrected chi connectivity index (χ4v) is 2.73. The van der Waals surface area contributed by atoms with Gasteiger partial charge in [0.15, 0.2) is 0 Å². The van der Waals surface area contributed by atoms with Gasteiger partial charge in [-0.3, -0.25) is 0 Å². The third-order valence-electron chi connectivity index (χ3n) is 3.18. The molecule has 1 aromatic carbocycles. The molecule has 0 radical (unpaired) electrons. The van der Waals surface area contributed by atoms with Crippen molar-refractivity contribution in [2.75, 3.05) is 13.2 Å². The van der Waals surface area contributed by atoms with Gasteiger partial charge in [-0.05, 0) is 31.9 Å². The van der Waals surface area contributed by atoms with Crippen LogP contribution in [0.3, 0.4) is 0 Å². The second kappa shape index (κ2) is 7.54. The molecule has 114 valence electrons. The topological polar surface area (TPSA) is 54.4 Å². The maximum absolute atomic E-state index is 9.97. The van der Waals surface area contributed by atoms with Crippen molar-refractivity contribution in [3.05, 3.63) is 45.4 Å². The van der Waals surface area contributed by atoms with Crippen molar-refractivity contribution in [1.82, 2.24) is 10.3 Å². The van der Waals surface area contributed by atoms with Gasteiger partial charge < -0.3 is 15.2 Å². The Bertz CT molecular complexity index is 563. The van der Waals surface area contributed by atoms with Crippen LogP contribution in [0.25, 0.3) is 0 Å². The van der Waals surface area contributed by atoms with E-state index < -0.39 is 6.10 Å². The molecular weight excluding hydrogens is 284 g/mol. The Kier molecular flexibility index (Phi) is 5.73. The van der Waals surface area contributed by atoms with Crippen LogP contribution in [0.2, 0.25) is 0 Å². The minimum atomic E-state index is -0.538. The van der Waals surface area contributed by atoms with Crippen molar-refractivity contribution in [3.8, 4) is 5.75 Å². The minimum Gasteiger partial charge on any atom is -0.490 e. The Balaban J connectivity index is 1.73. The monoisotopic (exact) mass is 306 g/mol. The van der Waals surface area contributed by atoms with Gasteiger partial charge in [-0.15, -0.1) is 11.3 Å². The van der Waals surface area contributed by atoms with Crippen LogP contribution in [0.5, 0.6) is 5.75 Å². The molecule has 0 bridgehead atoms. The molecule has 0 saturated heterocycles. The summed E-state index contributed by atoms with van der Waals surface area (Å²) < 4.78 is 5.73. The van der Waals surface area contributed by atoms with Crippen LogP contribution in [-0.2, 0) is 6.54 Å². The molecule has 1 atom stereocenters. The van der Waals surface area contributed by atoms with E-state index in [1.54, 1.807) is 11.3 Å². The first-order valence-corrected chi connectivity index (χ1v) is 7.93. The van der Waals surface area contributed by atoms with Crippen molar-refractivity contribution in [2.45, 2.75) is 33.4 Å². The van der Waals surface area contributed by atoms with E-state index in [0.717, 1.165) is 27.6 Å². The number of hydrogen-bond acceptors (Lipinski definition) is 5. The number of rotatable bonds is 7. The number of benzene rings is 1.